The number of thiazole rings is 1. The Morgan fingerprint density at radius 2 is 2.38 bits per heavy atom. The summed E-state index contributed by atoms with van der Waals surface area (Å²) in [6.45, 7) is 5.72. The average Bonchev–Trinajstić information content (AvgIpc) is 2.44. The van der Waals surface area contributed by atoms with E-state index in [9.17, 15) is 0 Å². The maximum absolute atomic E-state index is 4.43. The van der Waals surface area contributed by atoms with E-state index in [1.807, 2.05) is 12.3 Å². The summed E-state index contributed by atoms with van der Waals surface area (Å²) in [5.74, 6) is 0. The van der Waals surface area contributed by atoms with Crippen molar-refractivity contribution in [3.63, 3.8) is 0 Å². The van der Waals surface area contributed by atoms with Crippen LogP contribution < -0.4 is 0 Å². The lowest BCUT2D eigenvalue weighted by molar-refractivity contribution is 1.33. The van der Waals surface area contributed by atoms with Gasteiger partial charge in [-0.05, 0) is 30.5 Å². The van der Waals surface area contributed by atoms with Gasteiger partial charge in [-0.25, -0.2) is 4.98 Å². The lowest BCUT2D eigenvalue weighted by Crippen LogP contribution is -1.70. The van der Waals surface area contributed by atoms with Gasteiger partial charge in [-0.1, -0.05) is 18.3 Å². The fourth-order valence-electron chi connectivity index (χ4n) is 1.19. The molecule has 0 aliphatic heterocycles. The Hall–Kier alpha value is -0.800. The Morgan fingerprint density at radius 1 is 1.54 bits per heavy atom. The summed E-state index contributed by atoms with van der Waals surface area (Å²) in [7, 11) is 0. The van der Waals surface area contributed by atoms with Crippen LogP contribution in [-0.2, 0) is 0 Å². The molecule has 1 aromatic carbocycles. The first-order valence-corrected chi connectivity index (χ1v) is 5.64. The molecule has 0 bridgehead atoms. The second-order valence-corrected chi connectivity index (χ2v) is 4.92. The highest BCUT2D eigenvalue weighted by molar-refractivity contribution is 8.02. The first-order chi connectivity index (χ1) is 6.29. The first kappa shape index (κ1) is 8.78. The molecule has 2 rings (SSSR count). The zero-order valence-corrected chi connectivity index (χ0v) is 8.91. The number of fused-ring (bicyclic) bond motifs is 1. The van der Waals surface area contributed by atoms with Gasteiger partial charge in [-0.15, -0.1) is 11.3 Å². The van der Waals surface area contributed by atoms with Crippen molar-refractivity contribution in [3.8, 4) is 0 Å². The Labute approximate surface area is 85.5 Å². The van der Waals surface area contributed by atoms with E-state index < -0.39 is 0 Å². The minimum atomic E-state index is 1.09. The van der Waals surface area contributed by atoms with Crippen LogP contribution in [0.2, 0.25) is 0 Å². The van der Waals surface area contributed by atoms with E-state index in [-0.39, 0.29) is 0 Å². The van der Waals surface area contributed by atoms with Crippen molar-refractivity contribution in [2.24, 2.45) is 0 Å². The van der Waals surface area contributed by atoms with Crippen molar-refractivity contribution >= 4 is 33.3 Å². The summed E-state index contributed by atoms with van der Waals surface area (Å²) >= 11 is 3.36. The molecule has 0 saturated carbocycles. The molecule has 1 nitrogen and oxygen atoms in total. The molecular weight excluding hydrogens is 198 g/mol. The van der Waals surface area contributed by atoms with E-state index in [1.54, 1.807) is 23.1 Å². The van der Waals surface area contributed by atoms with Gasteiger partial charge in [-0.2, -0.15) is 0 Å². The summed E-state index contributed by atoms with van der Waals surface area (Å²) in [5.41, 5.74) is 1.09. The summed E-state index contributed by atoms with van der Waals surface area (Å²) < 4.78 is 1.26. The quantitative estimate of drug-likeness (QED) is 0.694. The Bertz CT molecular complexity index is 445. The summed E-state index contributed by atoms with van der Waals surface area (Å²) in [6, 6.07) is 6.32. The average molecular weight is 207 g/mol. The number of rotatable bonds is 2. The molecule has 2 aromatic rings. The zero-order chi connectivity index (χ0) is 9.26. The number of thioether (sulfide) groups is 1. The summed E-state index contributed by atoms with van der Waals surface area (Å²) in [4.78, 5) is 5.63. The predicted molar refractivity (Wildman–Crippen MR) is 60.4 cm³/mol. The van der Waals surface area contributed by atoms with Gasteiger partial charge in [0.05, 0.1) is 15.2 Å². The minimum absolute atomic E-state index is 1.09. The molecule has 0 unspecified atom stereocenters. The van der Waals surface area contributed by atoms with Crippen LogP contribution in [0.1, 0.15) is 5.01 Å². The summed E-state index contributed by atoms with van der Waals surface area (Å²) in [6.07, 6.45) is 0. The van der Waals surface area contributed by atoms with Gasteiger partial charge in [-0.3, -0.25) is 0 Å². The molecule has 0 aliphatic rings. The molecule has 0 N–H and O–H groups in total. The van der Waals surface area contributed by atoms with Crippen LogP contribution in [0, 0.1) is 6.92 Å². The van der Waals surface area contributed by atoms with Crippen molar-refractivity contribution in [2.45, 2.75) is 11.8 Å². The van der Waals surface area contributed by atoms with Crippen LogP contribution in [0.15, 0.2) is 35.1 Å². The molecule has 0 spiro atoms. The third kappa shape index (κ3) is 1.76. The lowest BCUT2D eigenvalue weighted by atomic mass is 10.3. The molecule has 0 radical (unpaired) electrons. The molecule has 13 heavy (non-hydrogen) atoms. The Kier molecular flexibility index (Phi) is 2.38. The van der Waals surface area contributed by atoms with E-state index in [0.717, 1.165) is 10.5 Å². The van der Waals surface area contributed by atoms with Crippen LogP contribution in [0.4, 0.5) is 0 Å². The monoisotopic (exact) mass is 207 g/mol. The van der Waals surface area contributed by atoms with Crippen molar-refractivity contribution < 1.29 is 0 Å². The number of hydrogen-bond donors (Lipinski definition) is 0. The maximum Gasteiger partial charge on any atom is 0.0907 e. The second-order valence-electron chi connectivity index (χ2n) is 2.65. The molecule has 1 heterocycles. The van der Waals surface area contributed by atoms with Gasteiger partial charge in [0.1, 0.15) is 0 Å². The fraction of sp³-hybridized carbons (Fsp3) is 0.100. The highest BCUT2D eigenvalue weighted by Gasteiger charge is 2.00. The topological polar surface area (TPSA) is 12.9 Å². The Morgan fingerprint density at radius 3 is 3.15 bits per heavy atom. The van der Waals surface area contributed by atoms with Gasteiger partial charge in [0.2, 0.25) is 0 Å². The van der Waals surface area contributed by atoms with Crippen molar-refractivity contribution in [1.29, 1.82) is 0 Å². The summed E-state index contributed by atoms with van der Waals surface area (Å²) in [5, 5.41) is 2.95. The van der Waals surface area contributed by atoms with Gasteiger partial charge >= 0.3 is 0 Å². The van der Waals surface area contributed by atoms with Crippen molar-refractivity contribution in [3.05, 3.63) is 35.2 Å². The van der Waals surface area contributed by atoms with Gasteiger partial charge in [0.25, 0.3) is 0 Å². The predicted octanol–water partition coefficient (Wildman–Crippen LogP) is 3.84. The minimum Gasteiger partial charge on any atom is -0.241 e. The first-order valence-electron chi connectivity index (χ1n) is 3.94. The van der Waals surface area contributed by atoms with E-state index in [2.05, 4.69) is 29.8 Å². The van der Waals surface area contributed by atoms with Crippen LogP contribution in [0.25, 0.3) is 10.2 Å². The highest BCUT2D eigenvalue weighted by Crippen LogP contribution is 2.27. The fourth-order valence-corrected chi connectivity index (χ4v) is 2.52. The third-order valence-electron chi connectivity index (χ3n) is 1.69. The lowest BCUT2D eigenvalue weighted by Gasteiger charge is -1.93. The molecule has 66 valence electrons. The standard InChI is InChI=1S/C10H9NS2/c1-3-12-8-4-5-10-9(6-8)11-7(2)13-10/h3-6H,1H2,2H3. The van der Waals surface area contributed by atoms with Gasteiger partial charge in [0.15, 0.2) is 0 Å². The van der Waals surface area contributed by atoms with Crippen molar-refractivity contribution in [2.75, 3.05) is 0 Å². The molecule has 3 heteroatoms. The number of nitrogens with zero attached hydrogens (tertiary/aromatic N) is 1. The number of aromatic nitrogens is 1. The second kappa shape index (κ2) is 3.52. The maximum atomic E-state index is 4.43. The molecule has 1 aromatic heterocycles. The van der Waals surface area contributed by atoms with E-state index >= 15 is 0 Å². The largest absolute Gasteiger partial charge is 0.241 e. The van der Waals surface area contributed by atoms with Crippen molar-refractivity contribution in [1.82, 2.24) is 4.98 Å². The van der Waals surface area contributed by atoms with Crippen LogP contribution in [-0.4, -0.2) is 4.98 Å². The van der Waals surface area contributed by atoms with Crippen LogP contribution >= 0.6 is 23.1 Å². The SMILES string of the molecule is C=CSc1ccc2sc(C)nc2c1. The zero-order valence-electron chi connectivity index (χ0n) is 7.28. The number of hydrogen-bond acceptors (Lipinski definition) is 3. The third-order valence-corrected chi connectivity index (χ3v) is 3.33. The van der Waals surface area contributed by atoms with Crippen LogP contribution in [0.5, 0.6) is 0 Å². The molecule has 0 fully saturated rings. The van der Waals surface area contributed by atoms with Crippen LogP contribution in [0.3, 0.4) is 0 Å². The highest BCUT2D eigenvalue weighted by atomic mass is 32.2. The Balaban J connectivity index is 2.54. The normalized spacial score (nSPS) is 10.5. The molecular formula is C10H9NS2. The number of benzene rings is 1. The molecule has 0 aliphatic carbocycles. The molecule has 0 atom stereocenters. The molecule has 0 amide bonds. The van der Waals surface area contributed by atoms with E-state index in [0.29, 0.717) is 0 Å². The van der Waals surface area contributed by atoms with Gasteiger partial charge < -0.3 is 0 Å². The van der Waals surface area contributed by atoms with E-state index in [4.69, 9.17) is 0 Å². The van der Waals surface area contributed by atoms with Gasteiger partial charge in [0, 0.05) is 4.90 Å². The van der Waals surface area contributed by atoms with E-state index in [1.165, 1.54) is 9.60 Å². The molecule has 0 saturated heterocycles. The smallest absolute Gasteiger partial charge is 0.0907 e. The number of aryl methyl sites for hydroxylation is 1.